The molecule has 1 aromatic heterocycles. The van der Waals surface area contributed by atoms with Crippen molar-refractivity contribution in [3.05, 3.63) is 59.5 Å². The number of benzene rings is 2. The van der Waals surface area contributed by atoms with Gasteiger partial charge in [-0.15, -0.1) is 11.3 Å². The van der Waals surface area contributed by atoms with E-state index in [1.165, 1.54) is 11.3 Å². The Morgan fingerprint density at radius 3 is 2.64 bits per heavy atom. The van der Waals surface area contributed by atoms with E-state index in [2.05, 4.69) is 17.2 Å². The topological polar surface area (TPSA) is 77.2 Å². The number of amides is 1. The molecular weight excluding hydrogens is 334 g/mol. The Hall–Kier alpha value is -2.86. The fourth-order valence-electron chi connectivity index (χ4n) is 2.43. The van der Waals surface area contributed by atoms with Gasteiger partial charge in [-0.3, -0.25) is 4.79 Å². The summed E-state index contributed by atoms with van der Waals surface area (Å²) in [6.45, 7) is 2.01. The number of nitrogens with one attached hydrogen (secondary N) is 1. The average Bonchev–Trinajstić information content (AvgIpc) is 3.07. The van der Waals surface area contributed by atoms with Crippen molar-refractivity contribution < 1.29 is 9.53 Å². The lowest BCUT2D eigenvalue weighted by Gasteiger charge is -2.10. The minimum atomic E-state index is -0.183. The molecule has 1 heterocycles. The van der Waals surface area contributed by atoms with Crippen molar-refractivity contribution in [3.8, 4) is 17.0 Å². The van der Waals surface area contributed by atoms with Gasteiger partial charge in [-0.25, -0.2) is 4.98 Å². The largest absolute Gasteiger partial charge is 0.484 e. The van der Waals surface area contributed by atoms with E-state index in [1.807, 2.05) is 53.9 Å². The zero-order chi connectivity index (χ0) is 17.6. The van der Waals surface area contributed by atoms with E-state index < -0.39 is 0 Å². The second-order valence-corrected chi connectivity index (χ2v) is 6.33. The molecule has 3 rings (SSSR count). The van der Waals surface area contributed by atoms with Gasteiger partial charge in [0, 0.05) is 16.6 Å². The molecule has 25 heavy (non-hydrogen) atoms. The highest BCUT2D eigenvalue weighted by molar-refractivity contribution is 7.13. The smallest absolute Gasteiger partial charge is 0.262 e. The third-order valence-electron chi connectivity index (χ3n) is 3.71. The molecule has 5 nitrogen and oxygen atoms in total. The Kier molecular flexibility index (Phi) is 5.30. The van der Waals surface area contributed by atoms with E-state index in [0.717, 1.165) is 28.9 Å². The van der Waals surface area contributed by atoms with Crippen LogP contribution in [0.25, 0.3) is 11.3 Å². The molecule has 0 saturated heterocycles. The van der Waals surface area contributed by atoms with Crippen LogP contribution in [0.4, 0.5) is 10.8 Å². The number of ether oxygens (including phenoxy) is 1. The molecular formula is C19H19N3O2S. The fraction of sp³-hybridized carbons (Fsp3) is 0.158. The summed E-state index contributed by atoms with van der Waals surface area (Å²) < 4.78 is 5.56. The van der Waals surface area contributed by atoms with Crippen LogP contribution in [0.15, 0.2) is 53.9 Å². The fourth-order valence-corrected chi connectivity index (χ4v) is 3.00. The molecule has 0 radical (unpaired) electrons. The second-order valence-electron chi connectivity index (χ2n) is 5.44. The van der Waals surface area contributed by atoms with E-state index in [9.17, 15) is 4.79 Å². The Labute approximate surface area is 150 Å². The number of anilines is 2. The molecule has 0 aliphatic heterocycles. The Balaban J connectivity index is 1.57. The molecule has 0 saturated carbocycles. The number of nitrogen functional groups attached to an aromatic ring is 1. The minimum absolute atomic E-state index is 0.0406. The van der Waals surface area contributed by atoms with E-state index in [0.29, 0.717) is 10.9 Å². The normalized spacial score (nSPS) is 10.4. The van der Waals surface area contributed by atoms with Crippen LogP contribution in [0.2, 0.25) is 0 Å². The first-order chi connectivity index (χ1) is 12.2. The van der Waals surface area contributed by atoms with E-state index in [4.69, 9.17) is 10.5 Å². The highest BCUT2D eigenvalue weighted by Gasteiger charge is 2.07. The number of carbonyl (C=O) groups excluding carboxylic acids is 1. The molecule has 2 aromatic carbocycles. The van der Waals surface area contributed by atoms with Crippen LogP contribution in [-0.4, -0.2) is 17.5 Å². The van der Waals surface area contributed by atoms with Gasteiger partial charge in [-0.2, -0.15) is 0 Å². The van der Waals surface area contributed by atoms with Gasteiger partial charge in [0.05, 0.1) is 5.69 Å². The zero-order valence-electron chi connectivity index (χ0n) is 13.9. The van der Waals surface area contributed by atoms with Crippen LogP contribution in [0.1, 0.15) is 12.5 Å². The van der Waals surface area contributed by atoms with E-state index in [-0.39, 0.29) is 12.5 Å². The van der Waals surface area contributed by atoms with Gasteiger partial charge in [0.25, 0.3) is 5.91 Å². The van der Waals surface area contributed by atoms with Crippen molar-refractivity contribution in [1.29, 1.82) is 0 Å². The summed E-state index contributed by atoms with van der Waals surface area (Å²) in [6, 6.07) is 15.2. The predicted octanol–water partition coefficient (Wildman–Crippen LogP) is 3.97. The maximum Gasteiger partial charge on any atom is 0.262 e. The van der Waals surface area contributed by atoms with Gasteiger partial charge in [0.1, 0.15) is 5.75 Å². The molecule has 0 unspecified atom stereocenters. The van der Waals surface area contributed by atoms with Crippen molar-refractivity contribution >= 4 is 28.1 Å². The first-order valence-corrected chi connectivity index (χ1v) is 8.85. The number of aromatic nitrogens is 1. The quantitative estimate of drug-likeness (QED) is 0.703. The van der Waals surface area contributed by atoms with Crippen LogP contribution in [0.3, 0.4) is 0 Å². The first-order valence-electron chi connectivity index (χ1n) is 7.97. The summed E-state index contributed by atoms with van der Waals surface area (Å²) in [6.07, 6.45) is 0.861. The lowest BCUT2D eigenvalue weighted by Crippen LogP contribution is -2.20. The average molecular weight is 353 g/mol. The molecule has 128 valence electrons. The van der Waals surface area contributed by atoms with Gasteiger partial charge >= 0.3 is 0 Å². The Bertz CT molecular complexity index is 859. The lowest BCUT2D eigenvalue weighted by molar-refractivity contribution is -0.118. The van der Waals surface area contributed by atoms with Crippen molar-refractivity contribution in [2.24, 2.45) is 0 Å². The summed E-state index contributed by atoms with van der Waals surface area (Å²) in [7, 11) is 0. The van der Waals surface area contributed by atoms with Crippen LogP contribution in [-0.2, 0) is 11.2 Å². The number of nitrogens with zero attached hydrogens (tertiary/aromatic N) is 1. The van der Waals surface area contributed by atoms with Gasteiger partial charge in [0.15, 0.2) is 11.7 Å². The molecule has 0 spiro atoms. The van der Waals surface area contributed by atoms with Crippen molar-refractivity contribution in [1.82, 2.24) is 4.98 Å². The van der Waals surface area contributed by atoms with E-state index >= 15 is 0 Å². The summed E-state index contributed by atoms with van der Waals surface area (Å²) in [5.74, 6) is 0.447. The van der Waals surface area contributed by atoms with Gasteiger partial charge in [-0.05, 0) is 42.3 Å². The number of hydrogen-bond acceptors (Lipinski definition) is 5. The summed E-state index contributed by atoms with van der Waals surface area (Å²) in [5.41, 5.74) is 9.37. The second kappa shape index (κ2) is 7.81. The number of para-hydroxylation sites is 1. The molecule has 0 fully saturated rings. The third-order valence-corrected chi connectivity index (χ3v) is 4.39. The molecule has 0 aliphatic rings. The third kappa shape index (κ3) is 4.36. The molecule has 0 aliphatic carbocycles. The number of nitrogens with two attached hydrogens (primary N) is 1. The number of carbonyl (C=O) groups is 1. The molecule has 3 aromatic rings. The highest BCUT2D eigenvalue weighted by atomic mass is 32.1. The lowest BCUT2D eigenvalue weighted by atomic mass is 10.1. The van der Waals surface area contributed by atoms with Gasteiger partial charge in [0.2, 0.25) is 0 Å². The van der Waals surface area contributed by atoms with Crippen LogP contribution in [0.5, 0.6) is 5.75 Å². The number of aryl methyl sites for hydroxylation is 1. The van der Waals surface area contributed by atoms with Gasteiger partial charge < -0.3 is 15.8 Å². The van der Waals surface area contributed by atoms with Crippen molar-refractivity contribution in [2.45, 2.75) is 13.3 Å². The highest BCUT2D eigenvalue weighted by Crippen LogP contribution is 2.25. The maximum atomic E-state index is 12.1. The zero-order valence-corrected chi connectivity index (χ0v) is 14.7. The summed E-state index contributed by atoms with van der Waals surface area (Å²) in [5, 5.41) is 5.33. The van der Waals surface area contributed by atoms with Gasteiger partial charge in [-0.1, -0.05) is 25.1 Å². The van der Waals surface area contributed by atoms with Crippen molar-refractivity contribution in [2.75, 3.05) is 17.7 Å². The van der Waals surface area contributed by atoms with Crippen LogP contribution < -0.4 is 15.8 Å². The van der Waals surface area contributed by atoms with Crippen LogP contribution >= 0.6 is 11.3 Å². The summed E-state index contributed by atoms with van der Waals surface area (Å²) in [4.78, 5) is 16.3. The Morgan fingerprint density at radius 1 is 1.20 bits per heavy atom. The molecule has 0 bridgehead atoms. The molecule has 0 atom stereocenters. The molecule has 1 amide bonds. The number of thiazole rings is 1. The Morgan fingerprint density at radius 2 is 1.96 bits per heavy atom. The van der Waals surface area contributed by atoms with E-state index in [1.54, 1.807) is 0 Å². The standard InChI is InChI=1S/C19H19N3O2S/c1-2-13-5-3-4-6-16(13)21-18(23)11-24-15-9-7-14(8-10-15)17-12-25-19(20)22-17/h3-10,12H,2,11H2,1H3,(H2,20,22)(H,21,23). The van der Waals surface area contributed by atoms with Crippen molar-refractivity contribution in [3.63, 3.8) is 0 Å². The first kappa shape index (κ1) is 17.0. The predicted molar refractivity (Wildman–Crippen MR) is 102 cm³/mol. The minimum Gasteiger partial charge on any atom is -0.484 e. The molecule has 6 heteroatoms. The maximum absolute atomic E-state index is 12.1. The monoisotopic (exact) mass is 353 g/mol. The molecule has 3 N–H and O–H groups in total. The summed E-state index contributed by atoms with van der Waals surface area (Å²) >= 11 is 1.40. The number of rotatable bonds is 6. The SMILES string of the molecule is CCc1ccccc1NC(=O)COc1ccc(-c2csc(N)n2)cc1. The van der Waals surface area contributed by atoms with Crippen LogP contribution in [0, 0.1) is 0 Å². The number of hydrogen-bond donors (Lipinski definition) is 2.